The van der Waals surface area contributed by atoms with Crippen LogP contribution in [0.4, 0.5) is 13.2 Å². The van der Waals surface area contributed by atoms with E-state index in [1.807, 2.05) is 6.92 Å². The Kier molecular flexibility index (Phi) is 5.54. The maximum absolute atomic E-state index is 13.9. The standard InChI is InChI=1S/C24H21F3N6O2/c1-13-22-16(23(31(2)30-22)15-8-17(25)21(27)18(26)9-15)6-7-33(13)24(34)14-4-5-20(35-3)19(10-14)32-11-28-29-12-32/h4-5,8-13H,6-7H2,1-3H3/t13-/m0/s1. The Morgan fingerprint density at radius 3 is 2.43 bits per heavy atom. The number of methoxy groups -OCH3 is 1. The molecule has 0 bridgehead atoms. The van der Waals surface area contributed by atoms with E-state index >= 15 is 0 Å². The molecule has 0 aliphatic carbocycles. The van der Waals surface area contributed by atoms with E-state index in [0.29, 0.717) is 41.4 Å². The van der Waals surface area contributed by atoms with Crippen LogP contribution in [0.15, 0.2) is 43.0 Å². The molecule has 4 aromatic rings. The summed E-state index contributed by atoms with van der Waals surface area (Å²) < 4.78 is 49.9. The SMILES string of the molecule is COc1ccc(C(=O)N2CCc3c(nn(C)c3-c3cc(F)c(F)c(F)c3)[C@@H]2C)cc1-n1cnnc1. The normalized spacial score (nSPS) is 15.3. The van der Waals surface area contributed by atoms with Crippen molar-refractivity contribution < 1.29 is 22.7 Å². The van der Waals surface area contributed by atoms with Crippen LogP contribution in [-0.2, 0) is 13.5 Å². The number of rotatable bonds is 4. The molecule has 0 spiro atoms. The van der Waals surface area contributed by atoms with Gasteiger partial charge in [-0.1, -0.05) is 0 Å². The number of aryl methyl sites for hydroxylation is 1. The van der Waals surface area contributed by atoms with Crippen molar-refractivity contribution in [2.24, 2.45) is 7.05 Å². The third kappa shape index (κ3) is 3.72. The van der Waals surface area contributed by atoms with E-state index in [2.05, 4.69) is 15.3 Å². The summed E-state index contributed by atoms with van der Waals surface area (Å²) in [7, 11) is 3.19. The van der Waals surface area contributed by atoms with E-state index in [9.17, 15) is 18.0 Å². The monoisotopic (exact) mass is 482 g/mol. The lowest BCUT2D eigenvalue weighted by molar-refractivity contribution is 0.0673. The summed E-state index contributed by atoms with van der Waals surface area (Å²) in [4.78, 5) is 15.2. The van der Waals surface area contributed by atoms with Crippen LogP contribution >= 0.6 is 0 Å². The molecule has 1 atom stereocenters. The molecule has 35 heavy (non-hydrogen) atoms. The van der Waals surface area contributed by atoms with Gasteiger partial charge in [0.25, 0.3) is 5.91 Å². The van der Waals surface area contributed by atoms with Gasteiger partial charge >= 0.3 is 0 Å². The van der Waals surface area contributed by atoms with Crippen molar-refractivity contribution in [3.63, 3.8) is 0 Å². The molecular weight excluding hydrogens is 461 g/mol. The van der Waals surface area contributed by atoms with Gasteiger partial charge in [-0.05, 0) is 43.7 Å². The molecule has 2 aromatic heterocycles. The lowest BCUT2D eigenvalue weighted by atomic mass is 9.95. The van der Waals surface area contributed by atoms with E-state index in [4.69, 9.17) is 4.74 Å². The molecule has 5 rings (SSSR count). The number of halogens is 3. The smallest absolute Gasteiger partial charge is 0.254 e. The van der Waals surface area contributed by atoms with E-state index in [0.717, 1.165) is 17.7 Å². The van der Waals surface area contributed by atoms with Crippen molar-refractivity contribution in [1.29, 1.82) is 0 Å². The van der Waals surface area contributed by atoms with Crippen LogP contribution in [0.25, 0.3) is 16.9 Å². The Morgan fingerprint density at radius 2 is 1.77 bits per heavy atom. The topological polar surface area (TPSA) is 78.1 Å². The number of hydrogen-bond acceptors (Lipinski definition) is 5. The first-order valence-electron chi connectivity index (χ1n) is 10.8. The summed E-state index contributed by atoms with van der Waals surface area (Å²) in [6, 6.07) is 6.62. The molecular formula is C24H21F3N6O2. The molecule has 11 heteroatoms. The molecule has 1 aliphatic rings. The van der Waals surface area contributed by atoms with Crippen LogP contribution in [0.1, 0.15) is 34.6 Å². The highest BCUT2D eigenvalue weighted by atomic mass is 19.2. The van der Waals surface area contributed by atoms with E-state index in [1.54, 1.807) is 34.7 Å². The minimum atomic E-state index is -1.51. The summed E-state index contributed by atoms with van der Waals surface area (Å²) in [5.74, 6) is -3.69. The largest absolute Gasteiger partial charge is 0.495 e. The second-order valence-electron chi connectivity index (χ2n) is 8.27. The van der Waals surface area contributed by atoms with Gasteiger partial charge in [-0.2, -0.15) is 5.10 Å². The number of hydrogen-bond donors (Lipinski definition) is 0. The molecule has 3 heterocycles. The third-order valence-corrected chi connectivity index (χ3v) is 6.28. The first-order valence-corrected chi connectivity index (χ1v) is 10.8. The van der Waals surface area contributed by atoms with Crippen LogP contribution in [-0.4, -0.2) is 49.0 Å². The Bertz CT molecular complexity index is 1410. The summed E-state index contributed by atoms with van der Waals surface area (Å²) in [5, 5.41) is 12.2. The number of carbonyl (C=O) groups excluding carboxylic acids is 1. The quantitative estimate of drug-likeness (QED) is 0.413. The van der Waals surface area contributed by atoms with Gasteiger partial charge < -0.3 is 9.64 Å². The number of benzene rings is 2. The average Bonchev–Trinajstić information content (AvgIpc) is 3.50. The van der Waals surface area contributed by atoms with Gasteiger partial charge in [-0.25, -0.2) is 13.2 Å². The van der Waals surface area contributed by atoms with Crippen molar-refractivity contribution in [1.82, 2.24) is 29.4 Å². The van der Waals surface area contributed by atoms with Crippen LogP contribution in [0.2, 0.25) is 0 Å². The summed E-state index contributed by atoms with van der Waals surface area (Å²) >= 11 is 0. The van der Waals surface area contributed by atoms with Crippen LogP contribution in [0.3, 0.4) is 0 Å². The van der Waals surface area contributed by atoms with Crippen molar-refractivity contribution >= 4 is 5.91 Å². The van der Waals surface area contributed by atoms with Gasteiger partial charge in [0.2, 0.25) is 0 Å². The minimum Gasteiger partial charge on any atom is -0.495 e. The van der Waals surface area contributed by atoms with E-state index in [-0.39, 0.29) is 11.5 Å². The number of ether oxygens (including phenoxy) is 1. The van der Waals surface area contributed by atoms with Crippen molar-refractivity contribution in [3.05, 3.63) is 77.3 Å². The van der Waals surface area contributed by atoms with Crippen molar-refractivity contribution in [2.45, 2.75) is 19.4 Å². The first-order chi connectivity index (χ1) is 16.8. The van der Waals surface area contributed by atoms with Crippen LogP contribution in [0, 0.1) is 17.5 Å². The fourth-order valence-electron chi connectivity index (χ4n) is 4.59. The van der Waals surface area contributed by atoms with Gasteiger partial charge in [-0.15, -0.1) is 10.2 Å². The zero-order chi connectivity index (χ0) is 24.9. The first kappa shape index (κ1) is 22.6. The molecule has 0 radical (unpaired) electrons. The fourth-order valence-corrected chi connectivity index (χ4v) is 4.59. The number of fused-ring (bicyclic) bond motifs is 1. The minimum absolute atomic E-state index is 0.193. The molecule has 0 unspecified atom stereocenters. The predicted octanol–water partition coefficient (Wildman–Crippen LogP) is 3.85. The van der Waals surface area contributed by atoms with Crippen molar-refractivity contribution in [2.75, 3.05) is 13.7 Å². The van der Waals surface area contributed by atoms with Gasteiger partial charge in [0.15, 0.2) is 17.5 Å². The molecule has 0 fully saturated rings. The Morgan fingerprint density at radius 1 is 1.09 bits per heavy atom. The molecule has 180 valence electrons. The fraction of sp³-hybridized carbons (Fsp3) is 0.250. The summed E-state index contributed by atoms with van der Waals surface area (Å²) in [5.41, 5.74) is 3.15. The Balaban J connectivity index is 1.49. The molecule has 1 aliphatic heterocycles. The number of nitrogens with zero attached hydrogens (tertiary/aromatic N) is 6. The maximum atomic E-state index is 13.9. The highest BCUT2D eigenvalue weighted by Gasteiger charge is 2.34. The molecule has 0 saturated carbocycles. The highest BCUT2D eigenvalue weighted by Crippen LogP contribution is 2.37. The molecule has 0 N–H and O–H groups in total. The lowest BCUT2D eigenvalue weighted by Gasteiger charge is -2.33. The predicted molar refractivity (Wildman–Crippen MR) is 120 cm³/mol. The second kappa shape index (κ2) is 8.57. The molecule has 2 aromatic carbocycles. The zero-order valence-corrected chi connectivity index (χ0v) is 19.2. The van der Waals surface area contributed by atoms with Crippen LogP contribution < -0.4 is 4.74 Å². The second-order valence-corrected chi connectivity index (χ2v) is 8.27. The average molecular weight is 482 g/mol. The van der Waals surface area contributed by atoms with Crippen LogP contribution in [0.5, 0.6) is 5.75 Å². The maximum Gasteiger partial charge on any atom is 0.254 e. The summed E-state index contributed by atoms with van der Waals surface area (Å²) in [6.07, 6.45) is 3.44. The lowest BCUT2D eigenvalue weighted by Crippen LogP contribution is -2.39. The number of carbonyl (C=O) groups is 1. The van der Waals surface area contributed by atoms with Gasteiger partial charge in [0.05, 0.1) is 30.2 Å². The Labute approximate surface area is 198 Å². The Hall–Kier alpha value is -4.15. The van der Waals surface area contributed by atoms with E-state index in [1.165, 1.54) is 24.4 Å². The van der Waals surface area contributed by atoms with Gasteiger partial charge in [-0.3, -0.25) is 14.0 Å². The van der Waals surface area contributed by atoms with Crippen molar-refractivity contribution in [3.8, 4) is 22.7 Å². The van der Waals surface area contributed by atoms with Gasteiger partial charge in [0.1, 0.15) is 18.4 Å². The highest BCUT2D eigenvalue weighted by molar-refractivity contribution is 5.95. The van der Waals surface area contributed by atoms with E-state index < -0.39 is 23.5 Å². The number of amides is 1. The van der Waals surface area contributed by atoms with Gasteiger partial charge in [0, 0.05) is 30.3 Å². The molecule has 0 saturated heterocycles. The number of aromatic nitrogens is 5. The third-order valence-electron chi connectivity index (χ3n) is 6.28. The summed E-state index contributed by atoms with van der Waals surface area (Å²) in [6.45, 7) is 2.22. The zero-order valence-electron chi connectivity index (χ0n) is 19.2. The molecule has 8 nitrogen and oxygen atoms in total. The molecule has 1 amide bonds.